The molecule has 0 bridgehead atoms. The average Bonchev–Trinajstić information content (AvgIpc) is 2.83. The lowest BCUT2D eigenvalue weighted by molar-refractivity contribution is 0.340. The lowest BCUT2D eigenvalue weighted by Gasteiger charge is -2.07. The Morgan fingerprint density at radius 2 is 2.00 bits per heavy atom. The molecule has 0 aliphatic carbocycles. The van der Waals surface area contributed by atoms with Crippen LogP contribution in [0.5, 0.6) is 5.75 Å². The lowest BCUT2D eigenvalue weighted by atomic mass is 10.3. The molecular weight excluding hydrogens is 252 g/mol. The summed E-state index contributed by atoms with van der Waals surface area (Å²) in [4.78, 5) is 11.7. The molecule has 0 amide bonds. The van der Waals surface area contributed by atoms with Gasteiger partial charge in [0.05, 0.1) is 12.0 Å². The number of nitrogens with one attached hydrogen (secondary N) is 2. The van der Waals surface area contributed by atoms with Gasteiger partial charge in [-0.3, -0.25) is 0 Å². The van der Waals surface area contributed by atoms with Crippen LogP contribution in [0.25, 0.3) is 11.0 Å². The summed E-state index contributed by atoms with van der Waals surface area (Å²) in [6, 6.07) is 9.85. The fourth-order valence-corrected chi connectivity index (χ4v) is 2.11. The molecule has 5 heteroatoms. The number of benzene rings is 1. The predicted molar refractivity (Wildman–Crippen MR) is 79.5 cm³/mol. The Morgan fingerprint density at radius 1 is 1.20 bits per heavy atom. The molecule has 2 heterocycles. The third-order valence-corrected chi connectivity index (χ3v) is 2.99. The van der Waals surface area contributed by atoms with E-state index >= 15 is 0 Å². The first-order valence-corrected chi connectivity index (χ1v) is 6.56. The normalized spacial score (nSPS) is 10.7. The number of aromatic amines is 1. The third-order valence-electron chi connectivity index (χ3n) is 2.99. The zero-order valence-corrected chi connectivity index (χ0v) is 11.5. The number of anilines is 2. The van der Waals surface area contributed by atoms with Crippen molar-refractivity contribution in [3.8, 4) is 5.75 Å². The van der Waals surface area contributed by atoms with Crippen LogP contribution in [0.15, 0.2) is 36.7 Å². The van der Waals surface area contributed by atoms with E-state index in [0.717, 1.165) is 34.0 Å². The summed E-state index contributed by atoms with van der Waals surface area (Å²) in [6.07, 6.45) is 1.55. The molecule has 0 aliphatic rings. The minimum absolute atomic E-state index is 0.669. The molecule has 2 aromatic heterocycles. The Hall–Kier alpha value is -2.56. The molecule has 0 spiro atoms. The number of hydrogen-bond donors (Lipinski definition) is 2. The summed E-state index contributed by atoms with van der Waals surface area (Å²) in [5.41, 5.74) is 2.87. The van der Waals surface area contributed by atoms with Crippen LogP contribution in [0.3, 0.4) is 0 Å². The second kappa shape index (κ2) is 5.21. The van der Waals surface area contributed by atoms with Crippen LogP contribution >= 0.6 is 0 Å². The van der Waals surface area contributed by atoms with E-state index in [-0.39, 0.29) is 0 Å². The molecule has 0 saturated carbocycles. The van der Waals surface area contributed by atoms with E-state index in [0.29, 0.717) is 6.61 Å². The van der Waals surface area contributed by atoms with Gasteiger partial charge in [0.1, 0.15) is 23.5 Å². The summed E-state index contributed by atoms with van der Waals surface area (Å²) < 4.78 is 5.43. The van der Waals surface area contributed by atoms with E-state index in [2.05, 4.69) is 20.3 Å². The summed E-state index contributed by atoms with van der Waals surface area (Å²) in [5.74, 6) is 1.66. The summed E-state index contributed by atoms with van der Waals surface area (Å²) in [5, 5.41) is 4.29. The number of fused-ring (bicyclic) bond motifs is 1. The van der Waals surface area contributed by atoms with E-state index in [4.69, 9.17) is 4.74 Å². The van der Waals surface area contributed by atoms with Crippen LogP contribution in [0, 0.1) is 6.92 Å². The van der Waals surface area contributed by atoms with Crippen LogP contribution in [-0.4, -0.2) is 21.6 Å². The predicted octanol–water partition coefficient (Wildman–Crippen LogP) is 3.41. The van der Waals surface area contributed by atoms with Gasteiger partial charge in [0, 0.05) is 11.4 Å². The highest BCUT2D eigenvalue weighted by molar-refractivity contribution is 5.89. The van der Waals surface area contributed by atoms with Gasteiger partial charge >= 0.3 is 0 Å². The van der Waals surface area contributed by atoms with Crippen LogP contribution < -0.4 is 10.1 Å². The molecular formula is C15H16N4O. The molecule has 0 unspecified atom stereocenters. The van der Waals surface area contributed by atoms with Crippen LogP contribution in [0.4, 0.5) is 11.5 Å². The van der Waals surface area contributed by atoms with Crippen molar-refractivity contribution in [3.63, 3.8) is 0 Å². The molecule has 0 saturated heterocycles. The van der Waals surface area contributed by atoms with Crippen LogP contribution in [-0.2, 0) is 0 Å². The number of hydrogen-bond acceptors (Lipinski definition) is 4. The van der Waals surface area contributed by atoms with Gasteiger partial charge in [-0.15, -0.1) is 0 Å². The Balaban J connectivity index is 1.88. The second-order valence-electron chi connectivity index (χ2n) is 4.52. The van der Waals surface area contributed by atoms with Gasteiger partial charge in [0.2, 0.25) is 0 Å². The Kier molecular flexibility index (Phi) is 3.25. The molecule has 0 atom stereocenters. The molecule has 2 N–H and O–H groups in total. The van der Waals surface area contributed by atoms with Gasteiger partial charge in [-0.2, -0.15) is 0 Å². The summed E-state index contributed by atoms with van der Waals surface area (Å²) in [6.45, 7) is 4.64. The largest absolute Gasteiger partial charge is 0.494 e. The summed E-state index contributed by atoms with van der Waals surface area (Å²) in [7, 11) is 0. The van der Waals surface area contributed by atoms with Gasteiger partial charge in [0.25, 0.3) is 0 Å². The molecule has 1 aromatic carbocycles. The van der Waals surface area contributed by atoms with E-state index in [1.807, 2.05) is 44.2 Å². The van der Waals surface area contributed by atoms with Crippen molar-refractivity contribution in [1.82, 2.24) is 15.0 Å². The maximum absolute atomic E-state index is 5.43. The number of rotatable bonds is 4. The van der Waals surface area contributed by atoms with Crippen LogP contribution in [0.1, 0.15) is 12.6 Å². The van der Waals surface area contributed by atoms with Gasteiger partial charge in [-0.1, -0.05) is 0 Å². The highest BCUT2D eigenvalue weighted by Gasteiger charge is 2.06. The van der Waals surface area contributed by atoms with Gasteiger partial charge in [0.15, 0.2) is 0 Å². The Morgan fingerprint density at radius 3 is 2.75 bits per heavy atom. The molecule has 3 aromatic rings. The smallest absolute Gasteiger partial charge is 0.143 e. The second-order valence-corrected chi connectivity index (χ2v) is 4.52. The monoisotopic (exact) mass is 268 g/mol. The number of nitrogens with zero attached hydrogens (tertiary/aromatic N) is 2. The maximum atomic E-state index is 5.43. The molecule has 3 rings (SSSR count). The van der Waals surface area contributed by atoms with E-state index in [1.165, 1.54) is 0 Å². The number of H-pyrrole nitrogens is 1. The van der Waals surface area contributed by atoms with Crippen molar-refractivity contribution in [3.05, 3.63) is 42.4 Å². The van der Waals surface area contributed by atoms with Gasteiger partial charge in [-0.05, 0) is 44.2 Å². The molecule has 0 fully saturated rings. The quantitative estimate of drug-likeness (QED) is 0.761. The van der Waals surface area contributed by atoms with Crippen LogP contribution in [0.2, 0.25) is 0 Å². The van der Waals surface area contributed by atoms with E-state index in [9.17, 15) is 0 Å². The first kappa shape index (κ1) is 12.5. The minimum Gasteiger partial charge on any atom is -0.494 e. The van der Waals surface area contributed by atoms with Crippen molar-refractivity contribution in [2.24, 2.45) is 0 Å². The number of aryl methyl sites for hydroxylation is 1. The first-order valence-electron chi connectivity index (χ1n) is 6.56. The van der Waals surface area contributed by atoms with E-state index < -0.39 is 0 Å². The van der Waals surface area contributed by atoms with Gasteiger partial charge < -0.3 is 15.0 Å². The summed E-state index contributed by atoms with van der Waals surface area (Å²) >= 11 is 0. The zero-order chi connectivity index (χ0) is 13.9. The molecule has 5 nitrogen and oxygen atoms in total. The number of aromatic nitrogens is 3. The molecule has 0 aliphatic heterocycles. The Labute approximate surface area is 117 Å². The molecule has 20 heavy (non-hydrogen) atoms. The third kappa shape index (κ3) is 2.42. The lowest BCUT2D eigenvalue weighted by Crippen LogP contribution is -1.96. The standard InChI is InChI=1S/C15H16N4O/c1-3-20-12-6-4-11(5-7-12)19-15-13-8-10(2)18-14(13)16-9-17-15/h4-9H,3H2,1-2H3,(H2,16,17,18,19). The van der Waals surface area contributed by atoms with Crippen molar-refractivity contribution in [1.29, 1.82) is 0 Å². The molecule has 102 valence electrons. The minimum atomic E-state index is 0.669. The fraction of sp³-hybridized carbons (Fsp3) is 0.200. The van der Waals surface area contributed by atoms with Crippen molar-refractivity contribution in [2.75, 3.05) is 11.9 Å². The van der Waals surface area contributed by atoms with Crippen molar-refractivity contribution >= 4 is 22.5 Å². The fourth-order valence-electron chi connectivity index (χ4n) is 2.11. The SMILES string of the molecule is CCOc1ccc(Nc2ncnc3[nH]c(C)cc23)cc1. The topological polar surface area (TPSA) is 62.8 Å². The maximum Gasteiger partial charge on any atom is 0.143 e. The average molecular weight is 268 g/mol. The highest BCUT2D eigenvalue weighted by Crippen LogP contribution is 2.24. The zero-order valence-electron chi connectivity index (χ0n) is 11.5. The van der Waals surface area contributed by atoms with E-state index in [1.54, 1.807) is 6.33 Å². The van der Waals surface area contributed by atoms with Crippen molar-refractivity contribution in [2.45, 2.75) is 13.8 Å². The first-order chi connectivity index (χ1) is 9.76. The van der Waals surface area contributed by atoms with Gasteiger partial charge in [-0.25, -0.2) is 9.97 Å². The Bertz CT molecular complexity index is 718. The highest BCUT2D eigenvalue weighted by atomic mass is 16.5. The molecule has 0 radical (unpaired) electrons. The number of ether oxygens (including phenoxy) is 1. The van der Waals surface area contributed by atoms with Crippen molar-refractivity contribution < 1.29 is 4.74 Å².